The van der Waals surface area contributed by atoms with Crippen molar-refractivity contribution in [1.29, 1.82) is 0 Å². The molecule has 1 fully saturated rings. The molecular weight excluding hydrogens is 384 g/mol. The SMILES string of the molecule is CCC(C)C(NC(=O)C(N)CC(=O)O)C(=O)NC(C)C(=O)N1CCCC1C(=O)O. The smallest absolute Gasteiger partial charge is 0.326 e. The molecule has 5 atom stereocenters. The van der Waals surface area contributed by atoms with Gasteiger partial charge in [0.15, 0.2) is 0 Å². The van der Waals surface area contributed by atoms with E-state index < -0.39 is 60.2 Å². The number of aliphatic carboxylic acids is 2. The Kier molecular flexibility index (Phi) is 9.02. The van der Waals surface area contributed by atoms with Gasteiger partial charge in [0.2, 0.25) is 17.7 Å². The third-order valence-corrected chi connectivity index (χ3v) is 5.07. The van der Waals surface area contributed by atoms with E-state index in [0.29, 0.717) is 25.8 Å². The second-order valence-electron chi connectivity index (χ2n) is 7.33. The number of carboxylic acids is 2. The van der Waals surface area contributed by atoms with E-state index in [1.165, 1.54) is 11.8 Å². The minimum atomic E-state index is -1.31. The van der Waals surface area contributed by atoms with Gasteiger partial charge < -0.3 is 31.5 Å². The third-order valence-electron chi connectivity index (χ3n) is 5.07. The van der Waals surface area contributed by atoms with Gasteiger partial charge in [0, 0.05) is 6.54 Å². The number of likely N-dealkylation sites (tertiary alicyclic amines) is 1. The Morgan fingerprint density at radius 3 is 2.24 bits per heavy atom. The first kappa shape index (κ1) is 24.3. The van der Waals surface area contributed by atoms with Crippen molar-refractivity contribution in [2.75, 3.05) is 6.54 Å². The maximum atomic E-state index is 12.7. The number of rotatable bonds is 10. The van der Waals surface area contributed by atoms with Gasteiger partial charge in [-0.2, -0.15) is 0 Å². The minimum absolute atomic E-state index is 0.297. The number of amides is 3. The second kappa shape index (κ2) is 10.7. The Bertz CT molecular complexity index is 654. The molecular formula is C18H30N4O7. The van der Waals surface area contributed by atoms with Crippen LogP contribution in [0, 0.1) is 5.92 Å². The Morgan fingerprint density at radius 2 is 1.72 bits per heavy atom. The summed E-state index contributed by atoms with van der Waals surface area (Å²) in [5.41, 5.74) is 5.54. The summed E-state index contributed by atoms with van der Waals surface area (Å²) in [6.45, 7) is 5.28. The van der Waals surface area contributed by atoms with E-state index in [0.717, 1.165) is 0 Å². The molecule has 11 heteroatoms. The normalized spacial score (nSPS) is 20.3. The Labute approximate surface area is 169 Å². The molecule has 1 heterocycles. The summed E-state index contributed by atoms with van der Waals surface area (Å²) < 4.78 is 0. The maximum absolute atomic E-state index is 12.7. The molecule has 0 saturated carbocycles. The van der Waals surface area contributed by atoms with Crippen molar-refractivity contribution >= 4 is 29.7 Å². The molecule has 1 aliphatic heterocycles. The lowest BCUT2D eigenvalue weighted by Crippen LogP contribution is -2.58. The Morgan fingerprint density at radius 1 is 1.10 bits per heavy atom. The highest BCUT2D eigenvalue weighted by Gasteiger charge is 2.37. The zero-order valence-corrected chi connectivity index (χ0v) is 16.9. The zero-order chi connectivity index (χ0) is 22.3. The number of hydrogen-bond acceptors (Lipinski definition) is 6. The fraction of sp³-hybridized carbons (Fsp3) is 0.722. The lowest BCUT2D eigenvalue weighted by atomic mass is 9.97. The molecule has 29 heavy (non-hydrogen) atoms. The van der Waals surface area contributed by atoms with E-state index in [1.807, 2.05) is 6.92 Å². The van der Waals surface area contributed by atoms with Crippen LogP contribution >= 0.6 is 0 Å². The number of nitrogens with zero attached hydrogens (tertiary/aromatic N) is 1. The molecule has 0 aliphatic carbocycles. The number of carbonyl (C=O) groups is 5. The molecule has 0 aromatic heterocycles. The minimum Gasteiger partial charge on any atom is -0.481 e. The number of hydrogen-bond donors (Lipinski definition) is 5. The fourth-order valence-corrected chi connectivity index (χ4v) is 3.14. The lowest BCUT2D eigenvalue weighted by molar-refractivity contribution is -0.149. The first-order valence-electron chi connectivity index (χ1n) is 9.60. The van der Waals surface area contributed by atoms with Gasteiger partial charge in [0.25, 0.3) is 0 Å². The van der Waals surface area contributed by atoms with Gasteiger partial charge in [-0.05, 0) is 25.7 Å². The van der Waals surface area contributed by atoms with Gasteiger partial charge in [-0.15, -0.1) is 0 Å². The first-order chi connectivity index (χ1) is 13.5. The van der Waals surface area contributed by atoms with Crippen LogP contribution in [0.5, 0.6) is 0 Å². The van der Waals surface area contributed by atoms with E-state index in [1.54, 1.807) is 6.92 Å². The molecule has 0 radical (unpaired) electrons. The van der Waals surface area contributed by atoms with Crippen molar-refractivity contribution in [2.24, 2.45) is 11.7 Å². The van der Waals surface area contributed by atoms with Crippen molar-refractivity contribution in [3.8, 4) is 0 Å². The van der Waals surface area contributed by atoms with Gasteiger partial charge in [0.05, 0.1) is 12.5 Å². The predicted octanol–water partition coefficient (Wildman–Crippen LogP) is -1.10. The average molecular weight is 414 g/mol. The summed E-state index contributed by atoms with van der Waals surface area (Å²) in [6.07, 6.45) is 0.869. The Hall–Kier alpha value is -2.69. The van der Waals surface area contributed by atoms with Crippen LogP contribution in [-0.4, -0.2) is 75.5 Å². The second-order valence-corrected chi connectivity index (χ2v) is 7.33. The lowest BCUT2D eigenvalue weighted by Gasteiger charge is -2.28. The first-order valence-corrected chi connectivity index (χ1v) is 9.60. The van der Waals surface area contributed by atoms with Crippen LogP contribution < -0.4 is 16.4 Å². The Balaban J connectivity index is 2.81. The van der Waals surface area contributed by atoms with Crippen LogP contribution in [0.2, 0.25) is 0 Å². The molecule has 1 aliphatic rings. The van der Waals surface area contributed by atoms with Crippen LogP contribution in [0.1, 0.15) is 46.5 Å². The molecule has 0 aromatic carbocycles. The number of carbonyl (C=O) groups excluding carboxylic acids is 3. The number of nitrogens with two attached hydrogens (primary N) is 1. The molecule has 0 aromatic rings. The summed E-state index contributed by atoms with van der Waals surface area (Å²) in [4.78, 5) is 60.7. The van der Waals surface area contributed by atoms with Gasteiger partial charge >= 0.3 is 11.9 Å². The highest BCUT2D eigenvalue weighted by molar-refractivity contribution is 5.94. The molecule has 11 nitrogen and oxygen atoms in total. The number of nitrogens with one attached hydrogen (secondary N) is 2. The van der Waals surface area contributed by atoms with Crippen molar-refractivity contribution < 1.29 is 34.2 Å². The van der Waals surface area contributed by atoms with Crippen LogP contribution in [0.3, 0.4) is 0 Å². The third kappa shape index (κ3) is 6.70. The quantitative estimate of drug-likeness (QED) is 0.299. The monoisotopic (exact) mass is 414 g/mol. The predicted molar refractivity (Wildman–Crippen MR) is 102 cm³/mol. The van der Waals surface area contributed by atoms with Crippen molar-refractivity contribution in [3.05, 3.63) is 0 Å². The van der Waals surface area contributed by atoms with E-state index >= 15 is 0 Å². The topological polar surface area (TPSA) is 179 Å². The largest absolute Gasteiger partial charge is 0.481 e. The van der Waals surface area contributed by atoms with Crippen LogP contribution in [-0.2, 0) is 24.0 Å². The molecule has 3 amide bonds. The highest BCUT2D eigenvalue weighted by atomic mass is 16.4. The zero-order valence-electron chi connectivity index (χ0n) is 16.9. The molecule has 1 rings (SSSR count). The van der Waals surface area contributed by atoms with E-state index in [9.17, 15) is 29.1 Å². The van der Waals surface area contributed by atoms with Crippen molar-refractivity contribution in [1.82, 2.24) is 15.5 Å². The summed E-state index contributed by atoms with van der Waals surface area (Å²) in [5, 5.41) is 22.9. The molecule has 0 spiro atoms. The van der Waals surface area contributed by atoms with Gasteiger partial charge in [-0.1, -0.05) is 20.3 Å². The summed E-state index contributed by atoms with van der Waals surface area (Å²) >= 11 is 0. The molecule has 6 N–H and O–H groups in total. The average Bonchev–Trinajstić information content (AvgIpc) is 3.13. The van der Waals surface area contributed by atoms with Crippen molar-refractivity contribution in [3.63, 3.8) is 0 Å². The van der Waals surface area contributed by atoms with Crippen molar-refractivity contribution in [2.45, 2.75) is 70.6 Å². The molecule has 164 valence electrons. The number of carboxylic acid groups (broad SMARTS) is 2. The molecule has 5 unspecified atom stereocenters. The summed E-state index contributed by atoms with van der Waals surface area (Å²) in [6, 6.07) is -4.23. The maximum Gasteiger partial charge on any atom is 0.326 e. The van der Waals surface area contributed by atoms with Gasteiger partial charge in [-0.3, -0.25) is 19.2 Å². The van der Waals surface area contributed by atoms with Gasteiger partial charge in [-0.25, -0.2) is 4.79 Å². The van der Waals surface area contributed by atoms with E-state index in [2.05, 4.69) is 10.6 Å². The molecule has 1 saturated heterocycles. The van der Waals surface area contributed by atoms with E-state index in [4.69, 9.17) is 10.8 Å². The van der Waals surface area contributed by atoms with Crippen LogP contribution in [0.25, 0.3) is 0 Å². The molecule has 0 bridgehead atoms. The summed E-state index contributed by atoms with van der Waals surface area (Å²) in [5.74, 6) is -4.56. The highest BCUT2D eigenvalue weighted by Crippen LogP contribution is 2.18. The summed E-state index contributed by atoms with van der Waals surface area (Å²) in [7, 11) is 0. The van der Waals surface area contributed by atoms with Crippen LogP contribution in [0.4, 0.5) is 0 Å². The van der Waals surface area contributed by atoms with Crippen LogP contribution in [0.15, 0.2) is 0 Å². The fourth-order valence-electron chi connectivity index (χ4n) is 3.14. The van der Waals surface area contributed by atoms with Gasteiger partial charge in [0.1, 0.15) is 18.1 Å². The van der Waals surface area contributed by atoms with E-state index in [-0.39, 0.29) is 5.92 Å². The standard InChI is InChI=1S/C18H30N4O7/c1-4-9(2)14(21-15(25)11(19)8-13(23)24)16(26)20-10(3)17(27)22-7-5-6-12(22)18(28)29/h9-12,14H,4-8,19H2,1-3H3,(H,20,26)(H,21,25)(H,23,24)(H,28,29).